The molecule has 178 valence electrons. The highest BCUT2D eigenvalue weighted by Crippen LogP contribution is 2.46. The number of alkyl halides is 6. The quantitative estimate of drug-likeness (QED) is 0.417. The Hall–Kier alpha value is -3.31. The van der Waals surface area contributed by atoms with E-state index in [-0.39, 0.29) is 34.5 Å². The minimum atomic E-state index is -5.11. The molecule has 1 aromatic heterocycles. The van der Waals surface area contributed by atoms with E-state index in [1.54, 1.807) is 13.8 Å². The summed E-state index contributed by atoms with van der Waals surface area (Å²) in [5, 5.41) is 16.8. The topological polar surface area (TPSA) is 85.5 Å². The molecule has 0 bridgehead atoms. The van der Waals surface area contributed by atoms with Crippen molar-refractivity contribution >= 4 is 17.0 Å². The van der Waals surface area contributed by atoms with Gasteiger partial charge in [0.25, 0.3) is 0 Å². The molecule has 0 radical (unpaired) electrons. The highest BCUT2D eigenvalue weighted by Gasteiger charge is 2.40. The van der Waals surface area contributed by atoms with Gasteiger partial charge in [0.15, 0.2) is 6.61 Å². The van der Waals surface area contributed by atoms with Crippen molar-refractivity contribution < 1.29 is 45.6 Å². The predicted octanol–water partition coefficient (Wildman–Crippen LogP) is 6.06. The number of carboxylic acids is 1. The van der Waals surface area contributed by atoms with Crippen molar-refractivity contribution in [3.05, 3.63) is 41.5 Å². The first-order valence-electron chi connectivity index (χ1n) is 9.66. The number of fused-ring (bicyclic) bond motifs is 1. The molecule has 2 aromatic carbocycles. The Labute approximate surface area is 183 Å². The first kappa shape index (κ1) is 24.3. The average molecular weight is 476 g/mol. The maximum absolute atomic E-state index is 14.0. The summed E-state index contributed by atoms with van der Waals surface area (Å²) >= 11 is 0. The fraction of sp³-hybridized carbons (Fsp3) is 0.381. The van der Waals surface area contributed by atoms with E-state index in [9.17, 15) is 36.2 Å². The van der Waals surface area contributed by atoms with E-state index in [0.29, 0.717) is 0 Å². The van der Waals surface area contributed by atoms with Crippen LogP contribution < -0.4 is 4.74 Å². The van der Waals surface area contributed by atoms with Crippen LogP contribution in [0.4, 0.5) is 26.3 Å². The van der Waals surface area contributed by atoms with Crippen LogP contribution in [0.2, 0.25) is 0 Å². The van der Waals surface area contributed by atoms with Crippen LogP contribution in [0.1, 0.15) is 37.3 Å². The predicted molar refractivity (Wildman–Crippen MR) is 104 cm³/mol. The fourth-order valence-electron chi connectivity index (χ4n) is 3.43. The standard InChI is InChI=1S/C21H18F6N2O4/c1-10(2)5-14(19(30)31)12-6-13(11-3-4-15-16(7-11)29-33-28-15)18(21(25,26)27)17(8-12)32-9-20(22,23)24/h3-4,6-8,10,14H,5,9H2,1-2H3,(H,30,31). The Morgan fingerprint density at radius 3 is 2.30 bits per heavy atom. The molecule has 0 spiro atoms. The van der Waals surface area contributed by atoms with Gasteiger partial charge in [0.1, 0.15) is 22.3 Å². The first-order valence-corrected chi connectivity index (χ1v) is 9.66. The van der Waals surface area contributed by atoms with E-state index in [2.05, 4.69) is 19.7 Å². The lowest BCUT2D eigenvalue weighted by Gasteiger charge is -2.23. The third-order valence-corrected chi connectivity index (χ3v) is 4.77. The third kappa shape index (κ3) is 5.74. The van der Waals surface area contributed by atoms with E-state index in [1.165, 1.54) is 18.2 Å². The molecule has 1 heterocycles. The molecular weight excluding hydrogens is 458 g/mol. The van der Waals surface area contributed by atoms with Gasteiger partial charge in [-0.25, -0.2) is 4.63 Å². The van der Waals surface area contributed by atoms with Gasteiger partial charge in [-0.1, -0.05) is 19.9 Å². The lowest BCUT2D eigenvalue weighted by atomic mass is 9.86. The van der Waals surface area contributed by atoms with Crippen LogP contribution in [-0.2, 0) is 11.0 Å². The Morgan fingerprint density at radius 1 is 1.06 bits per heavy atom. The molecule has 0 aliphatic carbocycles. The fourth-order valence-corrected chi connectivity index (χ4v) is 3.43. The van der Waals surface area contributed by atoms with Crippen molar-refractivity contribution in [1.29, 1.82) is 0 Å². The summed E-state index contributed by atoms with van der Waals surface area (Å²) in [6.07, 6.45) is -9.97. The number of hydrogen-bond acceptors (Lipinski definition) is 5. The smallest absolute Gasteiger partial charge is 0.422 e. The molecule has 0 saturated heterocycles. The molecule has 33 heavy (non-hydrogen) atoms. The van der Waals surface area contributed by atoms with Crippen molar-refractivity contribution in [3.8, 4) is 16.9 Å². The highest BCUT2D eigenvalue weighted by molar-refractivity contribution is 5.84. The molecule has 3 rings (SSSR count). The molecule has 6 nitrogen and oxygen atoms in total. The summed E-state index contributed by atoms with van der Waals surface area (Å²) < 4.78 is 89.5. The van der Waals surface area contributed by atoms with Crippen molar-refractivity contribution in [2.24, 2.45) is 5.92 Å². The number of nitrogens with zero attached hydrogens (tertiary/aromatic N) is 2. The lowest BCUT2D eigenvalue weighted by molar-refractivity contribution is -0.158. The number of carbonyl (C=O) groups is 1. The van der Waals surface area contributed by atoms with Gasteiger partial charge < -0.3 is 9.84 Å². The summed E-state index contributed by atoms with van der Waals surface area (Å²) in [5.41, 5.74) is -1.83. The number of hydrogen-bond donors (Lipinski definition) is 1. The zero-order valence-electron chi connectivity index (χ0n) is 17.3. The molecule has 0 amide bonds. The van der Waals surface area contributed by atoms with E-state index in [1.807, 2.05) is 0 Å². The summed E-state index contributed by atoms with van der Waals surface area (Å²) in [5.74, 6) is -3.86. The molecule has 0 aliphatic rings. The highest BCUT2D eigenvalue weighted by atomic mass is 19.4. The van der Waals surface area contributed by atoms with E-state index in [0.717, 1.165) is 12.1 Å². The number of aromatic nitrogens is 2. The monoisotopic (exact) mass is 476 g/mol. The van der Waals surface area contributed by atoms with Crippen LogP contribution in [0.15, 0.2) is 35.0 Å². The molecule has 12 heteroatoms. The van der Waals surface area contributed by atoms with E-state index < -0.39 is 47.7 Å². The second kappa shape index (κ2) is 8.91. The molecule has 3 aromatic rings. The lowest BCUT2D eigenvalue weighted by Crippen LogP contribution is -2.22. The molecule has 0 aliphatic heterocycles. The number of aliphatic carboxylic acids is 1. The molecule has 0 fully saturated rings. The molecular formula is C21H18F6N2O4. The third-order valence-electron chi connectivity index (χ3n) is 4.77. The van der Waals surface area contributed by atoms with Crippen LogP contribution in [0.25, 0.3) is 22.2 Å². The second-order valence-electron chi connectivity index (χ2n) is 7.83. The number of ether oxygens (including phenoxy) is 1. The zero-order valence-corrected chi connectivity index (χ0v) is 17.3. The van der Waals surface area contributed by atoms with Gasteiger partial charge in [0.05, 0.1) is 5.92 Å². The minimum Gasteiger partial charge on any atom is -0.483 e. The largest absolute Gasteiger partial charge is 0.483 e. The molecule has 1 atom stereocenters. The number of carboxylic acid groups (broad SMARTS) is 1. The van der Waals surface area contributed by atoms with Crippen LogP contribution in [0, 0.1) is 5.92 Å². The summed E-state index contributed by atoms with van der Waals surface area (Å²) in [7, 11) is 0. The maximum Gasteiger partial charge on any atom is 0.422 e. The van der Waals surface area contributed by atoms with Gasteiger partial charge >= 0.3 is 18.3 Å². The Kier molecular flexibility index (Phi) is 6.57. The van der Waals surface area contributed by atoms with E-state index >= 15 is 0 Å². The van der Waals surface area contributed by atoms with Crippen LogP contribution in [-0.4, -0.2) is 34.2 Å². The second-order valence-corrected chi connectivity index (χ2v) is 7.83. The van der Waals surface area contributed by atoms with Crippen molar-refractivity contribution in [2.45, 2.75) is 38.5 Å². The van der Waals surface area contributed by atoms with Crippen LogP contribution in [0.3, 0.4) is 0 Å². The number of benzene rings is 2. The van der Waals surface area contributed by atoms with Crippen LogP contribution in [0.5, 0.6) is 5.75 Å². The summed E-state index contributed by atoms with van der Waals surface area (Å²) in [4.78, 5) is 11.9. The normalized spacial score (nSPS) is 13.5. The number of halogens is 6. The van der Waals surface area contributed by atoms with Gasteiger partial charge in [0.2, 0.25) is 0 Å². The van der Waals surface area contributed by atoms with Gasteiger partial charge in [-0.2, -0.15) is 26.3 Å². The van der Waals surface area contributed by atoms with Gasteiger partial charge in [-0.3, -0.25) is 4.79 Å². The summed E-state index contributed by atoms with van der Waals surface area (Å²) in [6.45, 7) is 1.45. The SMILES string of the molecule is CC(C)CC(C(=O)O)c1cc(OCC(F)(F)F)c(C(F)(F)F)c(-c2ccc3nonc3c2)c1. The van der Waals surface area contributed by atoms with Crippen molar-refractivity contribution in [3.63, 3.8) is 0 Å². The van der Waals surface area contributed by atoms with Gasteiger partial charge in [-0.05, 0) is 63.6 Å². The zero-order chi connectivity index (χ0) is 24.6. The number of rotatable bonds is 7. The average Bonchev–Trinajstić information content (AvgIpc) is 3.16. The van der Waals surface area contributed by atoms with Crippen molar-refractivity contribution in [2.75, 3.05) is 6.61 Å². The Balaban J connectivity index is 2.29. The van der Waals surface area contributed by atoms with Crippen molar-refractivity contribution in [1.82, 2.24) is 10.3 Å². The van der Waals surface area contributed by atoms with Gasteiger partial charge in [-0.15, -0.1) is 0 Å². The Bertz CT molecular complexity index is 1150. The molecule has 1 unspecified atom stereocenters. The molecule has 1 N–H and O–H groups in total. The van der Waals surface area contributed by atoms with Crippen LogP contribution >= 0.6 is 0 Å². The maximum atomic E-state index is 14.0. The minimum absolute atomic E-state index is 0.0467. The summed E-state index contributed by atoms with van der Waals surface area (Å²) in [6, 6.07) is 5.53. The van der Waals surface area contributed by atoms with E-state index in [4.69, 9.17) is 0 Å². The van der Waals surface area contributed by atoms with Gasteiger partial charge in [0, 0.05) is 0 Å². The Morgan fingerprint density at radius 2 is 1.73 bits per heavy atom. The molecule has 0 saturated carbocycles. The first-order chi connectivity index (χ1) is 15.3.